The Hall–Kier alpha value is -2.53. The van der Waals surface area contributed by atoms with E-state index in [9.17, 15) is 8.42 Å². The van der Waals surface area contributed by atoms with E-state index in [-0.39, 0.29) is 11.5 Å². The molecule has 21 heavy (non-hydrogen) atoms. The Bertz CT molecular complexity index is 669. The van der Waals surface area contributed by atoms with Crippen LogP contribution in [0.3, 0.4) is 0 Å². The van der Waals surface area contributed by atoms with Gasteiger partial charge < -0.3 is 8.37 Å². The van der Waals surface area contributed by atoms with Crippen LogP contribution in [0.25, 0.3) is 12.2 Å². The first kappa shape index (κ1) is 14.9. The minimum absolute atomic E-state index is 0.170. The SMILES string of the molecule is C=Cc1ccc(OS(=O)(=O)Oc2ccc(C=C)cc2)cc1. The zero-order valence-corrected chi connectivity index (χ0v) is 12.0. The molecule has 0 aromatic heterocycles. The van der Waals surface area contributed by atoms with Crippen molar-refractivity contribution in [1.29, 1.82) is 0 Å². The maximum atomic E-state index is 11.8. The summed E-state index contributed by atoms with van der Waals surface area (Å²) in [5, 5.41) is 0. The third-order valence-electron chi connectivity index (χ3n) is 2.63. The third-order valence-corrected chi connectivity index (χ3v) is 3.42. The van der Waals surface area contributed by atoms with Crippen LogP contribution in [0.5, 0.6) is 11.5 Å². The fraction of sp³-hybridized carbons (Fsp3) is 0. The second-order valence-corrected chi connectivity index (χ2v) is 5.27. The van der Waals surface area contributed by atoms with Gasteiger partial charge in [0, 0.05) is 0 Å². The van der Waals surface area contributed by atoms with E-state index in [1.165, 1.54) is 24.3 Å². The van der Waals surface area contributed by atoms with Gasteiger partial charge in [0.25, 0.3) is 0 Å². The van der Waals surface area contributed by atoms with E-state index in [0.717, 1.165) is 11.1 Å². The molecule has 0 N–H and O–H groups in total. The summed E-state index contributed by atoms with van der Waals surface area (Å²) in [6, 6.07) is 12.9. The highest BCUT2D eigenvalue weighted by molar-refractivity contribution is 7.82. The van der Waals surface area contributed by atoms with Gasteiger partial charge >= 0.3 is 10.4 Å². The topological polar surface area (TPSA) is 52.6 Å². The summed E-state index contributed by atoms with van der Waals surface area (Å²) in [4.78, 5) is 0. The summed E-state index contributed by atoms with van der Waals surface area (Å²) >= 11 is 0. The molecule has 0 spiro atoms. The average Bonchev–Trinajstić information content (AvgIpc) is 2.48. The summed E-state index contributed by atoms with van der Waals surface area (Å²) in [5.74, 6) is 0.339. The van der Waals surface area contributed by atoms with E-state index >= 15 is 0 Å². The van der Waals surface area contributed by atoms with Crippen LogP contribution in [0.1, 0.15) is 11.1 Å². The fourth-order valence-electron chi connectivity index (χ4n) is 1.57. The second-order valence-electron chi connectivity index (χ2n) is 4.12. The van der Waals surface area contributed by atoms with Gasteiger partial charge in [0.15, 0.2) is 0 Å². The lowest BCUT2D eigenvalue weighted by atomic mass is 10.2. The highest BCUT2D eigenvalue weighted by atomic mass is 32.3. The highest BCUT2D eigenvalue weighted by Crippen LogP contribution is 2.19. The van der Waals surface area contributed by atoms with E-state index in [2.05, 4.69) is 13.2 Å². The Balaban J connectivity index is 2.09. The van der Waals surface area contributed by atoms with Crippen molar-refractivity contribution in [2.45, 2.75) is 0 Å². The first-order valence-corrected chi connectivity index (χ1v) is 7.44. The van der Waals surface area contributed by atoms with Gasteiger partial charge in [-0.2, -0.15) is 0 Å². The summed E-state index contributed by atoms with van der Waals surface area (Å²) in [6.07, 6.45) is 3.30. The molecular weight excluding hydrogens is 288 g/mol. The van der Waals surface area contributed by atoms with Gasteiger partial charge in [-0.1, -0.05) is 49.6 Å². The van der Waals surface area contributed by atoms with Crippen LogP contribution < -0.4 is 8.37 Å². The molecule has 0 aliphatic rings. The molecule has 0 aliphatic carbocycles. The highest BCUT2D eigenvalue weighted by Gasteiger charge is 2.15. The van der Waals surface area contributed by atoms with E-state index < -0.39 is 10.4 Å². The molecule has 0 aliphatic heterocycles. The molecule has 2 aromatic carbocycles. The van der Waals surface area contributed by atoms with Gasteiger partial charge in [-0.15, -0.1) is 8.42 Å². The minimum Gasteiger partial charge on any atom is -0.353 e. The number of hydrogen-bond acceptors (Lipinski definition) is 4. The second kappa shape index (κ2) is 6.28. The Morgan fingerprint density at radius 2 is 1.05 bits per heavy atom. The average molecular weight is 302 g/mol. The zero-order valence-electron chi connectivity index (χ0n) is 11.2. The van der Waals surface area contributed by atoms with Crippen LogP contribution in [-0.2, 0) is 10.4 Å². The molecule has 0 radical (unpaired) electrons. The van der Waals surface area contributed by atoms with Crippen LogP contribution in [0.15, 0.2) is 61.7 Å². The van der Waals surface area contributed by atoms with E-state index in [1.807, 2.05) is 0 Å². The Morgan fingerprint density at radius 3 is 1.33 bits per heavy atom. The lowest BCUT2D eigenvalue weighted by Crippen LogP contribution is -2.16. The third kappa shape index (κ3) is 4.22. The monoisotopic (exact) mass is 302 g/mol. The van der Waals surface area contributed by atoms with Crippen molar-refractivity contribution >= 4 is 22.6 Å². The van der Waals surface area contributed by atoms with Crippen LogP contribution in [-0.4, -0.2) is 8.42 Å². The van der Waals surface area contributed by atoms with E-state index in [4.69, 9.17) is 8.37 Å². The normalized spacial score (nSPS) is 10.7. The van der Waals surface area contributed by atoms with Crippen LogP contribution in [0, 0.1) is 0 Å². The Labute approximate surface area is 124 Å². The minimum atomic E-state index is -4.18. The molecule has 0 unspecified atom stereocenters. The van der Waals surface area contributed by atoms with Gasteiger partial charge in [0.1, 0.15) is 11.5 Å². The smallest absolute Gasteiger partial charge is 0.353 e. The molecule has 0 fully saturated rings. The zero-order chi connectivity index (χ0) is 15.3. The molecule has 0 amide bonds. The van der Waals surface area contributed by atoms with Crippen molar-refractivity contribution < 1.29 is 16.8 Å². The summed E-state index contributed by atoms with van der Waals surface area (Å²) in [6.45, 7) is 7.23. The van der Waals surface area contributed by atoms with Gasteiger partial charge in [-0.25, -0.2) is 0 Å². The van der Waals surface area contributed by atoms with Crippen molar-refractivity contribution in [2.75, 3.05) is 0 Å². The molecule has 2 aromatic rings. The largest absolute Gasteiger partial charge is 0.500 e. The predicted octanol–water partition coefficient (Wildman–Crippen LogP) is 3.68. The van der Waals surface area contributed by atoms with Gasteiger partial charge in [0.05, 0.1) is 0 Å². The van der Waals surface area contributed by atoms with Crippen molar-refractivity contribution in [3.63, 3.8) is 0 Å². The molecule has 0 saturated heterocycles. The molecule has 0 atom stereocenters. The molecule has 0 heterocycles. The first-order valence-electron chi connectivity index (χ1n) is 6.11. The van der Waals surface area contributed by atoms with Crippen LogP contribution >= 0.6 is 0 Å². The molecule has 0 saturated carbocycles. The van der Waals surface area contributed by atoms with Crippen LogP contribution in [0.2, 0.25) is 0 Å². The van der Waals surface area contributed by atoms with Gasteiger partial charge in [-0.05, 0) is 35.4 Å². The Kier molecular flexibility index (Phi) is 4.45. The lowest BCUT2D eigenvalue weighted by molar-refractivity contribution is 0.392. The van der Waals surface area contributed by atoms with Crippen molar-refractivity contribution in [2.24, 2.45) is 0 Å². The molecule has 108 valence electrons. The molecule has 2 rings (SSSR count). The van der Waals surface area contributed by atoms with Crippen molar-refractivity contribution in [1.82, 2.24) is 0 Å². The van der Waals surface area contributed by atoms with Gasteiger partial charge in [0.2, 0.25) is 0 Å². The molecule has 4 nitrogen and oxygen atoms in total. The summed E-state index contributed by atoms with van der Waals surface area (Å²) < 4.78 is 33.3. The quantitative estimate of drug-likeness (QED) is 0.817. The van der Waals surface area contributed by atoms with E-state index in [0.29, 0.717) is 0 Å². The Morgan fingerprint density at radius 1 is 0.714 bits per heavy atom. The number of rotatable bonds is 6. The number of benzene rings is 2. The standard InChI is InChI=1S/C16H14O4S/c1-3-13-5-9-15(10-6-13)19-21(17,18)20-16-11-7-14(4-2)8-12-16/h3-12H,1-2H2. The predicted molar refractivity (Wildman–Crippen MR) is 83.2 cm³/mol. The summed E-state index contributed by atoms with van der Waals surface area (Å²) in [7, 11) is -4.18. The lowest BCUT2D eigenvalue weighted by Gasteiger charge is -2.08. The van der Waals surface area contributed by atoms with Crippen molar-refractivity contribution in [3.8, 4) is 11.5 Å². The maximum Gasteiger partial charge on any atom is 0.500 e. The maximum absolute atomic E-state index is 11.8. The molecule has 0 bridgehead atoms. The van der Waals surface area contributed by atoms with Gasteiger partial charge in [-0.3, -0.25) is 0 Å². The molecule has 5 heteroatoms. The van der Waals surface area contributed by atoms with Crippen LogP contribution in [0.4, 0.5) is 0 Å². The fourth-order valence-corrected chi connectivity index (χ4v) is 2.30. The first-order chi connectivity index (χ1) is 10.0. The molecular formula is C16H14O4S. The number of hydrogen-bond donors (Lipinski definition) is 0. The summed E-state index contributed by atoms with van der Waals surface area (Å²) in [5.41, 5.74) is 1.72. The van der Waals surface area contributed by atoms with E-state index in [1.54, 1.807) is 36.4 Å². The van der Waals surface area contributed by atoms with Crippen molar-refractivity contribution in [3.05, 3.63) is 72.8 Å².